The van der Waals surface area contributed by atoms with Gasteiger partial charge in [0.25, 0.3) is 0 Å². The van der Waals surface area contributed by atoms with Crippen molar-refractivity contribution in [2.75, 3.05) is 19.6 Å². The molecule has 0 bridgehead atoms. The van der Waals surface area contributed by atoms with Crippen molar-refractivity contribution in [3.63, 3.8) is 0 Å². The van der Waals surface area contributed by atoms with Crippen LogP contribution in [0.15, 0.2) is 53.1 Å². The molecule has 31 heavy (non-hydrogen) atoms. The average molecular weight is 422 g/mol. The van der Waals surface area contributed by atoms with E-state index in [4.69, 9.17) is 4.42 Å². The molecule has 1 aliphatic heterocycles. The first kappa shape index (κ1) is 20.9. The molecule has 3 heterocycles. The maximum atomic E-state index is 12.9. The highest BCUT2D eigenvalue weighted by Gasteiger charge is 2.36. The van der Waals surface area contributed by atoms with Gasteiger partial charge in [-0.25, -0.2) is 4.68 Å². The quantitative estimate of drug-likeness (QED) is 0.638. The number of furan rings is 1. The van der Waals surface area contributed by atoms with E-state index in [1.165, 1.54) is 0 Å². The van der Waals surface area contributed by atoms with Gasteiger partial charge in [0.15, 0.2) is 0 Å². The molecule has 8 nitrogen and oxygen atoms in total. The minimum absolute atomic E-state index is 0.110. The minimum atomic E-state index is -0.573. The number of rotatable bonds is 6. The second-order valence-corrected chi connectivity index (χ2v) is 7.80. The monoisotopic (exact) mass is 421 g/mol. The number of carbonyl (C=O) groups is 2. The largest absolute Gasteiger partial charge is 0.467 e. The van der Waals surface area contributed by atoms with Crippen LogP contribution in [0.1, 0.15) is 41.7 Å². The summed E-state index contributed by atoms with van der Waals surface area (Å²) in [7, 11) is 0. The maximum Gasteiger partial charge on any atom is 0.242 e. The number of aromatic nitrogens is 2. The van der Waals surface area contributed by atoms with E-state index in [9.17, 15) is 9.59 Å². The van der Waals surface area contributed by atoms with Crippen LogP contribution in [0.3, 0.4) is 0 Å². The van der Waals surface area contributed by atoms with Crippen LogP contribution in [0.25, 0.3) is 5.69 Å². The zero-order valence-electron chi connectivity index (χ0n) is 18.0. The van der Waals surface area contributed by atoms with Crippen molar-refractivity contribution in [2.24, 2.45) is 0 Å². The van der Waals surface area contributed by atoms with Crippen molar-refractivity contribution in [1.82, 2.24) is 25.3 Å². The van der Waals surface area contributed by atoms with Gasteiger partial charge in [-0.3, -0.25) is 14.5 Å². The topological polar surface area (TPSA) is 92.4 Å². The van der Waals surface area contributed by atoms with Crippen molar-refractivity contribution in [1.29, 1.82) is 0 Å². The molecule has 2 aromatic heterocycles. The van der Waals surface area contributed by atoms with E-state index in [0.29, 0.717) is 18.8 Å². The highest BCUT2D eigenvalue weighted by molar-refractivity contribution is 5.86. The molecule has 2 N–H and O–H groups in total. The van der Waals surface area contributed by atoms with Gasteiger partial charge >= 0.3 is 0 Å². The highest BCUT2D eigenvalue weighted by Crippen LogP contribution is 2.30. The Morgan fingerprint density at radius 1 is 1.26 bits per heavy atom. The van der Waals surface area contributed by atoms with E-state index in [0.717, 1.165) is 22.6 Å². The number of nitrogens with zero attached hydrogens (tertiary/aromatic N) is 3. The SMILES string of the molecule is Cc1nn(-c2ccccc2)c(C)c1[C@@H]1C(=O)NCCN1CC(=O)N[C@@H](C)c1ccco1. The molecule has 2 amide bonds. The number of benzene rings is 1. The Morgan fingerprint density at radius 2 is 2.03 bits per heavy atom. The molecule has 2 atom stereocenters. The third-order valence-corrected chi connectivity index (χ3v) is 5.63. The van der Waals surface area contributed by atoms with Gasteiger partial charge in [0.1, 0.15) is 11.8 Å². The van der Waals surface area contributed by atoms with Gasteiger partial charge < -0.3 is 15.1 Å². The molecular formula is C23H27N5O3. The molecule has 0 aliphatic carbocycles. The summed E-state index contributed by atoms with van der Waals surface area (Å²) >= 11 is 0. The normalized spacial score (nSPS) is 17.9. The van der Waals surface area contributed by atoms with Crippen molar-refractivity contribution >= 4 is 11.8 Å². The number of amides is 2. The molecule has 1 saturated heterocycles. The van der Waals surface area contributed by atoms with Crippen LogP contribution < -0.4 is 10.6 Å². The fourth-order valence-electron chi connectivity index (χ4n) is 4.15. The molecule has 1 aliphatic rings. The van der Waals surface area contributed by atoms with E-state index in [-0.39, 0.29) is 24.4 Å². The summed E-state index contributed by atoms with van der Waals surface area (Å²) in [6.07, 6.45) is 1.58. The van der Waals surface area contributed by atoms with Gasteiger partial charge in [-0.1, -0.05) is 18.2 Å². The first-order chi connectivity index (χ1) is 15.0. The first-order valence-electron chi connectivity index (χ1n) is 10.4. The Hall–Kier alpha value is -3.39. The number of hydrogen-bond donors (Lipinski definition) is 2. The number of nitrogens with one attached hydrogen (secondary N) is 2. The lowest BCUT2D eigenvalue weighted by atomic mass is 10.00. The molecule has 3 aromatic rings. The van der Waals surface area contributed by atoms with Gasteiger partial charge in [0, 0.05) is 24.3 Å². The van der Waals surface area contributed by atoms with Gasteiger partial charge in [-0.05, 0) is 45.0 Å². The molecule has 1 aromatic carbocycles. The van der Waals surface area contributed by atoms with Crippen molar-refractivity contribution in [3.8, 4) is 5.69 Å². The third-order valence-electron chi connectivity index (χ3n) is 5.63. The fraction of sp³-hybridized carbons (Fsp3) is 0.348. The van der Waals surface area contributed by atoms with Crippen LogP contribution >= 0.6 is 0 Å². The van der Waals surface area contributed by atoms with E-state index < -0.39 is 6.04 Å². The number of para-hydroxylation sites is 1. The number of hydrogen-bond acceptors (Lipinski definition) is 5. The summed E-state index contributed by atoms with van der Waals surface area (Å²) < 4.78 is 7.22. The predicted molar refractivity (Wildman–Crippen MR) is 116 cm³/mol. The second kappa shape index (κ2) is 8.77. The van der Waals surface area contributed by atoms with E-state index >= 15 is 0 Å². The summed E-state index contributed by atoms with van der Waals surface area (Å²) in [4.78, 5) is 27.6. The standard InChI is InChI=1S/C23H27N5O3/c1-15(19-10-7-13-31-19)25-20(29)14-27-12-11-24-23(30)22(27)21-16(2)26-28(17(21)3)18-8-5-4-6-9-18/h4-10,13,15,22H,11-12,14H2,1-3H3,(H,24,30)(H,25,29)/t15-,22+/m0/s1. The van der Waals surface area contributed by atoms with E-state index in [2.05, 4.69) is 15.7 Å². The van der Waals surface area contributed by atoms with Crippen LogP contribution in [0.2, 0.25) is 0 Å². The third kappa shape index (κ3) is 4.25. The average Bonchev–Trinajstić information content (AvgIpc) is 3.38. The minimum Gasteiger partial charge on any atom is -0.467 e. The summed E-state index contributed by atoms with van der Waals surface area (Å²) in [6.45, 7) is 6.92. The Morgan fingerprint density at radius 3 is 2.74 bits per heavy atom. The molecule has 0 radical (unpaired) electrons. The zero-order chi connectivity index (χ0) is 22.0. The lowest BCUT2D eigenvalue weighted by Gasteiger charge is -2.35. The Balaban J connectivity index is 1.58. The van der Waals surface area contributed by atoms with Gasteiger partial charge in [-0.15, -0.1) is 0 Å². The summed E-state index contributed by atoms with van der Waals surface area (Å²) in [6, 6.07) is 12.6. The van der Waals surface area contributed by atoms with Crippen molar-refractivity contribution < 1.29 is 14.0 Å². The molecule has 0 saturated carbocycles. The van der Waals surface area contributed by atoms with Crippen LogP contribution in [0.4, 0.5) is 0 Å². The first-order valence-corrected chi connectivity index (χ1v) is 10.4. The van der Waals surface area contributed by atoms with E-state index in [1.807, 2.05) is 66.8 Å². The van der Waals surface area contributed by atoms with E-state index in [1.54, 1.807) is 12.3 Å². The smallest absolute Gasteiger partial charge is 0.242 e. The summed E-state index contributed by atoms with van der Waals surface area (Å²) in [5.41, 5.74) is 3.44. The Labute approximate surface area is 181 Å². The predicted octanol–water partition coefficient (Wildman–Crippen LogP) is 2.43. The number of piperazine rings is 1. The van der Waals surface area contributed by atoms with Gasteiger partial charge in [0.05, 0.1) is 30.2 Å². The number of carbonyl (C=O) groups excluding carboxylic acids is 2. The molecular weight excluding hydrogens is 394 g/mol. The van der Waals surface area contributed by atoms with Crippen LogP contribution in [0.5, 0.6) is 0 Å². The maximum absolute atomic E-state index is 12.9. The van der Waals surface area contributed by atoms with Gasteiger partial charge in [-0.2, -0.15) is 5.10 Å². The fourth-order valence-corrected chi connectivity index (χ4v) is 4.15. The lowest BCUT2D eigenvalue weighted by molar-refractivity contribution is -0.132. The molecule has 4 rings (SSSR count). The lowest BCUT2D eigenvalue weighted by Crippen LogP contribution is -2.53. The Bertz CT molecular complexity index is 1060. The van der Waals surface area contributed by atoms with Crippen molar-refractivity contribution in [2.45, 2.75) is 32.9 Å². The molecule has 1 fully saturated rings. The van der Waals surface area contributed by atoms with Crippen LogP contribution in [-0.4, -0.2) is 46.1 Å². The molecule has 8 heteroatoms. The highest BCUT2D eigenvalue weighted by atomic mass is 16.3. The summed E-state index contributed by atoms with van der Waals surface area (Å²) in [5.74, 6) is 0.420. The molecule has 162 valence electrons. The molecule has 0 unspecified atom stereocenters. The summed E-state index contributed by atoms with van der Waals surface area (Å²) in [5, 5.41) is 10.6. The molecule has 0 spiro atoms. The number of aryl methyl sites for hydroxylation is 1. The Kier molecular flexibility index (Phi) is 5.90. The van der Waals surface area contributed by atoms with Crippen LogP contribution in [-0.2, 0) is 9.59 Å². The van der Waals surface area contributed by atoms with Crippen molar-refractivity contribution in [3.05, 3.63) is 71.4 Å². The van der Waals surface area contributed by atoms with Crippen LogP contribution in [0, 0.1) is 13.8 Å². The second-order valence-electron chi connectivity index (χ2n) is 7.80. The van der Waals surface area contributed by atoms with Gasteiger partial charge in [0.2, 0.25) is 11.8 Å². The zero-order valence-corrected chi connectivity index (χ0v) is 18.0.